The standard InChI is InChI=1S/C7H2F12O5/c8-1(3(9,10)2(20)21)22-4(11,12)5(13,14)23-7(18,19)24-6(15,16)17/h1H,(H,20,21). The molecule has 0 saturated heterocycles. The molecule has 17 heteroatoms. The Hall–Kier alpha value is -1.49. The highest BCUT2D eigenvalue weighted by atomic mass is 19.4. The fourth-order valence-electron chi connectivity index (χ4n) is 0.734. The first-order valence-electron chi connectivity index (χ1n) is 4.77. The number of hydrogen-bond donors (Lipinski definition) is 1. The molecule has 1 atom stereocenters. The van der Waals surface area contributed by atoms with Crippen LogP contribution in [0.5, 0.6) is 0 Å². The fourth-order valence-corrected chi connectivity index (χ4v) is 0.734. The molecule has 144 valence electrons. The maximum absolute atomic E-state index is 12.7. The average molecular weight is 394 g/mol. The van der Waals surface area contributed by atoms with Crippen molar-refractivity contribution >= 4 is 5.97 Å². The summed E-state index contributed by atoms with van der Waals surface area (Å²) in [5.74, 6) is -9.31. The molecular formula is C7H2F12O5. The summed E-state index contributed by atoms with van der Waals surface area (Å²) in [5.41, 5.74) is 0. The van der Waals surface area contributed by atoms with Gasteiger partial charge in [-0.3, -0.25) is 4.74 Å². The second-order valence-corrected chi connectivity index (χ2v) is 3.51. The van der Waals surface area contributed by atoms with E-state index in [1.165, 1.54) is 0 Å². The lowest BCUT2D eigenvalue weighted by molar-refractivity contribution is -0.569. The van der Waals surface area contributed by atoms with Crippen molar-refractivity contribution in [2.24, 2.45) is 0 Å². The van der Waals surface area contributed by atoms with Gasteiger partial charge in [-0.15, -0.1) is 22.0 Å². The normalized spacial score (nSPS) is 16.2. The number of halogens is 12. The molecule has 0 aliphatic heterocycles. The molecule has 0 amide bonds. The van der Waals surface area contributed by atoms with Gasteiger partial charge in [0, 0.05) is 0 Å². The number of carboxylic acids is 1. The van der Waals surface area contributed by atoms with E-state index in [1.54, 1.807) is 9.47 Å². The molecule has 0 aliphatic carbocycles. The van der Waals surface area contributed by atoms with Crippen molar-refractivity contribution in [1.29, 1.82) is 0 Å². The number of carbonyl (C=O) groups is 1. The zero-order valence-electron chi connectivity index (χ0n) is 10.2. The monoisotopic (exact) mass is 394 g/mol. The number of aliphatic carboxylic acids is 1. The van der Waals surface area contributed by atoms with Gasteiger partial charge in [0.1, 0.15) is 0 Å². The maximum atomic E-state index is 12.7. The Morgan fingerprint density at radius 2 is 1.21 bits per heavy atom. The predicted octanol–water partition coefficient (Wildman–Crippen LogP) is 3.31. The van der Waals surface area contributed by atoms with Gasteiger partial charge in [0.15, 0.2) is 0 Å². The first-order valence-corrected chi connectivity index (χ1v) is 4.77. The van der Waals surface area contributed by atoms with Crippen molar-refractivity contribution in [2.75, 3.05) is 0 Å². The number of carboxylic acid groups (broad SMARTS) is 1. The Morgan fingerprint density at radius 3 is 1.54 bits per heavy atom. The van der Waals surface area contributed by atoms with Gasteiger partial charge < -0.3 is 5.11 Å². The summed E-state index contributed by atoms with van der Waals surface area (Å²) in [5, 5.41) is 7.73. The van der Waals surface area contributed by atoms with E-state index in [0.29, 0.717) is 0 Å². The van der Waals surface area contributed by atoms with E-state index in [9.17, 15) is 57.5 Å². The smallest absolute Gasteiger partial charge is 0.477 e. The second kappa shape index (κ2) is 6.43. The van der Waals surface area contributed by atoms with Crippen LogP contribution in [-0.2, 0) is 19.0 Å². The third-order valence-corrected chi connectivity index (χ3v) is 1.64. The van der Waals surface area contributed by atoms with Crippen molar-refractivity contribution in [3.63, 3.8) is 0 Å². The zero-order chi connectivity index (χ0) is 19.8. The largest absolute Gasteiger partial charge is 0.529 e. The minimum absolute atomic E-state index is 1.61. The summed E-state index contributed by atoms with van der Waals surface area (Å²) < 4.78 is 152. The van der Waals surface area contributed by atoms with Gasteiger partial charge in [0.05, 0.1) is 0 Å². The van der Waals surface area contributed by atoms with Gasteiger partial charge in [-0.05, 0) is 0 Å². The van der Waals surface area contributed by atoms with Crippen LogP contribution in [0.1, 0.15) is 0 Å². The molecular weight excluding hydrogens is 392 g/mol. The zero-order valence-corrected chi connectivity index (χ0v) is 10.2. The van der Waals surface area contributed by atoms with Crippen LogP contribution in [0.3, 0.4) is 0 Å². The van der Waals surface area contributed by atoms with Gasteiger partial charge in [-0.1, -0.05) is 0 Å². The van der Waals surface area contributed by atoms with E-state index in [4.69, 9.17) is 5.11 Å². The minimum Gasteiger partial charge on any atom is -0.477 e. The number of alkyl halides is 12. The van der Waals surface area contributed by atoms with Crippen LogP contribution in [0.25, 0.3) is 0 Å². The summed E-state index contributed by atoms with van der Waals surface area (Å²) in [7, 11) is 0. The molecule has 0 aromatic heterocycles. The van der Waals surface area contributed by atoms with Gasteiger partial charge >= 0.3 is 36.8 Å². The van der Waals surface area contributed by atoms with E-state index in [-0.39, 0.29) is 0 Å². The Bertz CT molecular complexity index is 459. The molecule has 0 aromatic rings. The van der Waals surface area contributed by atoms with Crippen LogP contribution in [-0.4, -0.2) is 48.2 Å². The van der Waals surface area contributed by atoms with Crippen LogP contribution in [0.15, 0.2) is 0 Å². The topological polar surface area (TPSA) is 65.0 Å². The Morgan fingerprint density at radius 1 is 0.792 bits per heavy atom. The van der Waals surface area contributed by atoms with Crippen LogP contribution in [0.4, 0.5) is 52.7 Å². The van der Waals surface area contributed by atoms with E-state index < -0.39 is 43.1 Å². The SMILES string of the molecule is O=C(O)C(F)(F)C(F)OC(F)(F)C(F)(F)OC(F)(F)OC(F)(F)F. The third kappa shape index (κ3) is 5.86. The molecule has 0 saturated carbocycles. The van der Waals surface area contributed by atoms with E-state index in [1.807, 2.05) is 4.74 Å². The maximum Gasteiger partial charge on any atom is 0.529 e. The quantitative estimate of drug-likeness (QED) is 0.506. The lowest BCUT2D eigenvalue weighted by atomic mass is 10.3. The van der Waals surface area contributed by atoms with Crippen molar-refractivity contribution < 1.29 is 76.8 Å². The predicted molar refractivity (Wildman–Crippen MR) is 41.6 cm³/mol. The molecule has 0 bridgehead atoms. The van der Waals surface area contributed by atoms with E-state index in [0.717, 1.165) is 0 Å². The first-order chi connectivity index (χ1) is 10.2. The highest BCUT2D eigenvalue weighted by Crippen LogP contribution is 2.44. The van der Waals surface area contributed by atoms with Gasteiger partial charge in [-0.25, -0.2) is 13.9 Å². The van der Waals surface area contributed by atoms with Crippen molar-refractivity contribution in [3.8, 4) is 0 Å². The van der Waals surface area contributed by atoms with Crippen LogP contribution >= 0.6 is 0 Å². The lowest BCUT2D eigenvalue weighted by Gasteiger charge is -2.30. The molecule has 1 N–H and O–H groups in total. The molecule has 0 rings (SSSR count). The summed E-state index contributed by atoms with van der Waals surface area (Å²) in [6.45, 7) is 0. The fraction of sp³-hybridized carbons (Fsp3) is 0.857. The summed E-state index contributed by atoms with van der Waals surface area (Å²) in [6, 6.07) is 0. The number of ether oxygens (including phenoxy) is 3. The Labute approximate surface area is 121 Å². The van der Waals surface area contributed by atoms with Gasteiger partial charge in [-0.2, -0.15) is 31.1 Å². The van der Waals surface area contributed by atoms with Crippen molar-refractivity contribution in [1.82, 2.24) is 0 Å². The average Bonchev–Trinajstić information content (AvgIpc) is 2.21. The van der Waals surface area contributed by atoms with Crippen LogP contribution in [0, 0.1) is 0 Å². The molecule has 5 nitrogen and oxygen atoms in total. The summed E-state index contributed by atoms with van der Waals surface area (Å²) in [4.78, 5) is 9.78. The van der Waals surface area contributed by atoms with E-state index in [2.05, 4.69) is 0 Å². The third-order valence-electron chi connectivity index (χ3n) is 1.64. The molecule has 0 spiro atoms. The molecule has 0 fully saturated rings. The Balaban J connectivity index is 5.28. The molecule has 1 unspecified atom stereocenters. The highest BCUT2D eigenvalue weighted by molar-refractivity contribution is 5.75. The highest BCUT2D eigenvalue weighted by Gasteiger charge is 2.69. The van der Waals surface area contributed by atoms with Crippen molar-refractivity contribution in [3.05, 3.63) is 0 Å². The molecule has 24 heavy (non-hydrogen) atoms. The molecule has 0 aromatic carbocycles. The van der Waals surface area contributed by atoms with Crippen LogP contribution < -0.4 is 0 Å². The first kappa shape index (κ1) is 22.5. The number of hydrogen-bond acceptors (Lipinski definition) is 4. The van der Waals surface area contributed by atoms with Gasteiger partial charge in [0.2, 0.25) is 0 Å². The Kier molecular flexibility index (Phi) is 6.03. The van der Waals surface area contributed by atoms with Crippen LogP contribution in [0.2, 0.25) is 0 Å². The number of rotatable bonds is 8. The molecule has 0 aliphatic rings. The summed E-state index contributed by atoms with van der Waals surface area (Å²) >= 11 is 0. The minimum atomic E-state index is -6.86. The lowest BCUT2D eigenvalue weighted by Crippen LogP contribution is -2.54. The van der Waals surface area contributed by atoms with Crippen molar-refractivity contribution in [2.45, 2.75) is 37.2 Å². The van der Waals surface area contributed by atoms with E-state index >= 15 is 0 Å². The second-order valence-electron chi connectivity index (χ2n) is 3.51. The molecule has 0 heterocycles. The summed E-state index contributed by atoms with van der Waals surface area (Å²) in [6.07, 6.45) is -31.5. The molecule has 0 radical (unpaired) electrons. The van der Waals surface area contributed by atoms with Gasteiger partial charge in [0.25, 0.3) is 6.36 Å².